The van der Waals surface area contributed by atoms with Crippen LogP contribution in [0.1, 0.15) is 26.4 Å². The van der Waals surface area contributed by atoms with Crippen LogP contribution in [0.2, 0.25) is 0 Å². The van der Waals surface area contributed by atoms with Crippen LogP contribution in [-0.4, -0.2) is 5.91 Å². The standard InChI is InChI=1S/C20H17NO2S/c1-12-6-3-4-8-15(12)21-20(22)17-10-14-11-23-16-9-5-7-13(2)18(16)19(14)24-17/h3-10H,11H2,1-2H3,(H,21,22). The second-order valence-corrected chi connectivity index (χ2v) is 7.02. The molecule has 2 heterocycles. The minimum absolute atomic E-state index is 0.0705. The van der Waals surface area contributed by atoms with Crippen LogP contribution in [0.3, 0.4) is 0 Å². The Morgan fingerprint density at radius 2 is 1.88 bits per heavy atom. The number of carbonyl (C=O) groups is 1. The predicted molar refractivity (Wildman–Crippen MR) is 98.0 cm³/mol. The van der Waals surface area contributed by atoms with E-state index in [0.29, 0.717) is 11.5 Å². The minimum atomic E-state index is -0.0705. The summed E-state index contributed by atoms with van der Waals surface area (Å²) in [6.45, 7) is 4.58. The van der Waals surface area contributed by atoms with Crippen molar-refractivity contribution in [3.63, 3.8) is 0 Å². The number of anilines is 1. The first-order valence-electron chi connectivity index (χ1n) is 7.86. The van der Waals surface area contributed by atoms with E-state index in [-0.39, 0.29) is 5.91 Å². The van der Waals surface area contributed by atoms with Gasteiger partial charge in [0.2, 0.25) is 0 Å². The zero-order valence-electron chi connectivity index (χ0n) is 13.6. The van der Waals surface area contributed by atoms with Gasteiger partial charge in [0, 0.05) is 21.7 Å². The van der Waals surface area contributed by atoms with E-state index in [0.717, 1.165) is 33.0 Å². The third kappa shape index (κ3) is 2.49. The van der Waals surface area contributed by atoms with E-state index < -0.39 is 0 Å². The highest BCUT2D eigenvalue weighted by Crippen LogP contribution is 2.44. The number of ether oxygens (including phenoxy) is 1. The maximum absolute atomic E-state index is 12.6. The van der Waals surface area contributed by atoms with E-state index in [1.165, 1.54) is 16.9 Å². The number of nitrogens with one attached hydrogen (secondary N) is 1. The van der Waals surface area contributed by atoms with Crippen molar-refractivity contribution < 1.29 is 9.53 Å². The third-order valence-electron chi connectivity index (χ3n) is 4.27. The van der Waals surface area contributed by atoms with Gasteiger partial charge in [-0.1, -0.05) is 30.3 Å². The Hall–Kier alpha value is -2.59. The summed E-state index contributed by atoms with van der Waals surface area (Å²) in [5.41, 5.74) is 5.26. The number of thiophene rings is 1. The van der Waals surface area contributed by atoms with Gasteiger partial charge in [0.25, 0.3) is 5.91 Å². The van der Waals surface area contributed by atoms with Crippen molar-refractivity contribution >= 4 is 22.9 Å². The van der Waals surface area contributed by atoms with Gasteiger partial charge in [-0.05, 0) is 43.2 Å². The molecule has 4 rings (SSSR count). The maximum atomic E-state index is 12.6. The van der Waals surface area contributed by atoms with E-state index in [1.54, 1.807) is 0 Å². The van der Waals surface area contributed by atoms with Crippen LogP contribution < -0.4 is 10.1 Å². The highest BCUT2D eigenvalue weighted by atomic mass is 32.1. The average molecular weight is 335 g/mol. The van der Waals surface area contributed by atoms with Gasteiger partial charge in [0.05, 0.1) is 4.88 Å². The summed E-state index contributed by atoms with van der Waals surface area (Å²) in [5.74, 6) is 0.828. The van der Waals surface area contributed by atoms with Crippen molar-refractivity contribution in [3.8, 4) is 16.2 Å². The minimum Gasteiger partial charge on any atom is -0.488 e. The molecule has 1 N–H and O–H groups in total. The summed E-state index contributed by atoms with van der Waals surface area (Å²) in [6, 6.07) is 15.8. The molecule has 0 saturated heterocycles. The summed E-state index contributed by atoms with van der Waals surface area (Å²) in [5, 5.41) is 3.00. The van der Waals surface area contributed by atoms with E-state index >= 15 is 0 Å². The highest BCUT2D eigenvalue weighted by Gasteiger charge is 2.24. The molecule has 3 nitrogen and oxygen atoms in total. The molecule has 0 fully saturated rings. The number of amides is 1. The van der Waals surface area contributed by atoms with Crippen LogP contribution >= 0.6 is 11.3 Å². The lowest BCUT2D eigenvalue weighted by atomic mass is 10.0. The van der Waals surface area contributed by atoms with E-state index in [9.17, 15) is 4.79 Å². The van der Waals surface area contributed by atoms with Crippen molar-refractivity contribution in [2.75, 3.05) is 5.32 Å². The van der Waals surface area contributed by atoms with Crippen molar-refractivity contribution in [2.24, 2.45) is 0 Å². The first kappa shape index (κ1) is 15.0. The molecule has 2 aromatic carbocycles. The fraction of sp³-hybridized carbons (Fsp3) is 0.150. The van der Waals surface area contributed by atoms with Crippen molar-refractivity contribution in [1.82, 2.24) is 0 Å². The summed E-state index contributed by atoms with van der Waals surface area (Å²) < 4.78 is 5.84. The maximum Gasteiger partial charge on any atom is 0.265 e. The summed E-state index contributed by atoms with van der Waals surface area (Å²) in [4.78, 5) is 14.5. The molecule has 1 aliphatic rings. The average Bonchev–Trinajstić information content (AvgIpc) is 3.01. The quantitative estimate of drug-likeness (QED) is 0.701. The molecule has 0 bridgehead atoms. The molecule has 0 radical (unpaired) electrons. The lowest BCUT2D eigenvalue weighted by molar-refractivity contribution is 0.103. The summed E-state index contributed by atoms with van der Waals surface area (Å²) in [7, 11) is 0. The highest BCUT2D eigenvalue weighted by molar-refractivity contribution is 7.17. The second kappa shape index (κ2) is 5.80. The molecular formula is C20H17NO2S. The summed E-state index contributed by atoms with van der Waals surface area (Å²) in [6.07, 6.45) is 0. The number of rotatable bonds is 2. The molecule has 0 unspecified atom stereocenters. The molecule has 0 aliphatic carbocycles. The van der Waals surface area contributed by atoms with Crippen LogP contribution in [0.4, 0.5) is 5.69 Å². The number of hydrogen-bond donors (Lipinski definition) is 1. The molecule has 3 aromatic rings. The van der Waals surface area contributed by atoms with Gasteiger partial charge in [-0.25, -0.2) is 0 Å². The van der Waals surface area contributed by atoms with E-state index in [4.69, 9.17) is 4.74 Å². The summed E-state index contributed by atoms with van der Waals surface area (Å²) >= 11 is 1.53. The van der Waals surface area contributed by atoms with Gasteiger partial charge >= 0.3 is 0 Å². The molecular weight excluding hydrogens is 318 g/mol. The molecule has 120 valence electrons. The lowest BCUT2D eigenvalue weighted by Crippen LogP contribution is -2.11. The SMILES string of the molecule is Cc1ccccc1NC(=O)c1cc2c(s1)-c1c(C)cccc1OC2. The molecule has 0 spiro atoms. The fourth-order valence-corrected chi connectivity index (χ4v) is 4.14. The molecule has 0 saturated carbocycles. The number of para-hydroxylation sites is 1. The van der Waals surface area contributed by atoms with E-state index in [1.807, 2.05) is 49.4 Å². The van der Waals surface area contributed by atoms with Gasteiger partial charge in [-0.15, -0.1) is 11.3 Å². The number of fused-ring (bicyclic) bond motifs is 3. The Bertz CT molecular complexity index is 943. The van der Waals surface area contributed by atoms with Gasteiger partial charge in [-0.3, -0.25) is 4.79 Å². The Balaban J connectivity index is 1.69. The Labute approximate surface area is 144 Å². The van der Waals surface area contributed by atoms with Crippen molar-refractivity contribution in [1.29, 1.82) is 0 Å². The molecule has 1 aliphatic heterocycles. The Morgan fingerprint density at radius 3 is 2.71 bits per heavy atom. The fourth-order valence-electron chi connectivity index (χ4n) is 2.96. The van der Waals surface area contributed by atoms with Crippen LogP contribution in [0.25, 0.3) is 10.4 Å². The van der Waals surface area contributed by atoms with Gasteiger partial charge < -0.3 is 10.1 Å². The van der Waals surface area contributed by atoms with Crippen LogP contribution in [-0.2, 0) is 6.61 Å². The zero-order valence-corrected chi connectivity index (χ0v) is 14.4. The van der Waals surface area contributed by atoms with Gasteiger partial charge in [0.1, 0.15) is 12.4 Å². The van der Waals surface area contributed by atoms with Crippen LogP contribution in [0.15, 0.2) is 48.5 Å². The van der Waals surface area contributed by atoms with Gasteiger partial charge in [0.15, 0.2) is 0 Å². The molecule has 1 amide bonds. The third-order valence-corrected chi connectivity index (χ3v) is 5.46. The molecule has 0 atom stereocenters. The van der Waals surface area contributed by atoms with Crippen molar-refractivity contribution in [3.05, 3.63) is 70.1 Å². The number of benzene rings is 2. The number of hydrogen-bond acceptors (Lipinski definition) is 3. The first-order chi connectivity index (χ1) is 11.6. The molecule has 24 heavy (non-hydrogen) atoms. The zero-order chi connectivity index (χ0) is 16.7. The largest absolute Gasteiger partial charge is 0.488 e. The van der Waals surface area contributed by atoms with Crippen LogP contribution in [0, 0.1) is 13.8 Å². The molecule has 4 heteroatoms. The monoisotopic (exact) mass is 335 g/mol. The topological polar surface area (TPSA) is 38.3 Å². The number of aryl methyl sites for hydroxylation is 2. The second-order valence-electron chi connectivity index (χ2n) is 5.97. The van der Waals surface area contributed by atoms with Crippen LogP contribution in [0.5, 0.6) is 5.75 Å². The van der Waals surface area contributed by atoms with E-state index in [2.05, 4.69) is 18.3 Å². The number of carbonyl (C=O) groups excluding carboxylic acids is 1. The Kier molecular flexibility index (Phi) is 3.62. The normalized spacial score (nSPS) is 12.1. The lowest BCUT2D eigenvalue weighted by Gasteiger charge is -2.19. The smallest absolute Gasteiger partial charge is 0.265 e. The van der Waals surface area contributed by atoms with Gasteiger partial charge in [-0.2, -0.15) is 0 Å². The predicted octanol–water partition coefficient (Wildman–Crippen LogP) is 5.18. The molecule has 1 aromatic heterocycles. The first-order valence-corrected chi connectivity index (χ1v) is 8.67. The Morgan fingerprint density at radius 1 is 1.08 bits per heavy atom. The van der Waals surface area contributed by atoms with Crippen molar-refractivity contribution in [2.45, 2.75) is 20.5 Å².